The van der Waals surface area contributed by atoms with Crippen molar-refractivity contribution < 1.29 is 4.74 Å². The van der Waals surface area contributed by atoms with Gasteiger partial charge in [-0.2, -0.15) is 5.10 Å². The van der Waals surface area contributed by atoms with E-state index in [1.165, 1.54) is 22.4 Å². The molecule has 3 aromatic rings. The van der Waals surface area contributed by atoms with Crippen molar-refractivity contribution in [2.24, 2.45) is 5.10 Å². The van der Waals surface area contributed by atoms with Gasteiger partial charge in [-0.3, -0.25) is 0 Å². The number of rotatable bonds is 3. The molecule has 146 valence electrons. The molecule has 0 unspecified atom stereocenters. The van der Waals surface area contributed by atoms with Crippen LogP contribution in [0.4, 0.5) is 5.69 Å². The van der Waals surface area contributed by atoms with Crippen LogP contribution in [-0.2, 0) is 0 Å². The van der Waals surface area contributed by atoms with Crippen molar-refractivity contribution >= 4 is 11.4 Å². The molecule has 5 rings (SSSR count). The number of para-hydroxylation sites is 1. The van der Waals surface area contributed by atoms with Crippen molar-refractivity contribution in [2.45, 2.75) is 25.6 Å². The maximum atomic E-state index is 6.44. The average molecular weight is 383 g/mol. The zero-order valence-electron chi connectivity index (χ0n) is 17.0. The fourth-order valence-electron chi connectivity index (χ4n) is 4.11. The number of hydrogen-bond acceptors (Lipinski definition) is 4. The molecule has 2 atom stereocenters. The predicted octanol–water partition coefficient (Wildman–Crippen LogP) is 5.30. The highest BCUT2D eigenvalue weighted by Crippen LogP contribution is 2.47. The van der Waals surface area contributed by atoms with Gasteiger partial charge >= 0.3 is 0 Å². The van der Waals surface area contributed by atoms with Gasteiger partial charge in [-0.25, -0.2) is 5.01 Å². The van der Waals surface area contributed by atoms with Crippen LogP contribution in [0.3, 0.4) is 0 Å². The Morgan fingerprint density at radius 2 is 1.66 bits per heavy atom. The van der Waals surface area contributed by atoms with Gasteiger partial charge in [0.15, 0.2) is 0 Å². The fraction of sp³-hybridized carbons (Fsp3) is 0.240. The Balaban J connectivity index is 1.55. The summed E-state index contributed by atoms with van der Waals surface area (Å²) in [5.74, 6) is 0.954. The molecule has 0 aliphatic carbocycles. The zero-order valence-corrected chi connectivity index (χ0v) is 17.0. The molecule has 0 amide bonds. The van der Waals surface area contributed by atoms with Crippen LogP contribution in [-0.4, -0.2) is 24.8 Å². The van der Waals surface area contributed by atoms with E-state index in [2.05, 4.69) is 97.7 Å². The molecule has 0 aromatic heterocycles. The standard InChI is InChI=1S/C25H25N3O/c1-17-8-10-18(11-9-17)22-16-23-21-6-4-5-7-24(21)29-25(28(23)26-22)19-12-14-20(15-13-19)27(2)3/h4-15,23,25H,16H2,1-3H3/t23-,25-/m1/s1. The first-order valence-electron chi connectivity index (χ1n) is 10.1. The summed E-state index contributed by atoms with van der Waals surface area (Å²) in [5, 5.41) is 7.18. The largest absolute Gasteiger partial charge is 0.464 e. The van der Waals surface area contributed by atoms with E-state index in [1.54, 1.807) is 0 Å². The highest BCUT2D eigenvalue weighted by Gasteiger charge is 2.40. The zero-order chi connectivity index (χ0) is 20.0. The highest BCUT2D eigenvalue weighted by atomic mass is 16.5. The summed E-state index contributed by atoms with van der Waals surface area (Å²) in [5.41, 5.74) is 7.06. The molecule has 0 radical (unpaired) electrons. The lowest BCUT2D eigenvalue weighted by atomic mass is 9.95. The van der Waals surface area contributed by atoms with Gasteiger partial charge in [-0.15, -0.1) is 0 Å². The van der Waals surface area contributed by atoms with Gasteiger partial charge in [0, 0.05) is 37.3 Å². The molecule has 29 heavy (non-hydrogen) atoms. The van der Waals surface area contributed by atoms with Gasteiger partial charge < -0.3 is 9.64 Å². The van der Waals surface area contributed by atoms with Crippen LogP contribution in [0, 0.1) is 6.92 Å². The van der Waals surface area contributed by atoms with E-state index in [-0.39, 0.29) is 12.3 Å². The van der Waals surface area contributed by atoms with E-state index in [0.717, 1.165) is 23.4 Å². The number of hydrazone groups is 1. The van der Waals surface area contributed by atoms with E-state index < -0.39 is 0 Å². The van der Waals surface area contributed by atoms with Gasteiger partial charge in [0.25, 0.3) is 0 Å². The molecule has 2 aliphatic heterocycles. The molecular weight excluding hydrogens is 358 g/mol. The number of hydrogen-bond donors (Lipinski definition) is 0. The summed E-state index contributed by atoms with van der Waals surface area (Å²) < 4.78 is 6.44. The number of nitrogens with zero attached hydrogens (tertiary/aromatic N) is 3. The highest BCUT2D eigenvalue weighted by molar-refractivity contribution is 6.02. The monoisotopic (exact) mass is 383 g/mol. The Hall–Kier alpha value is -3.27. The van der Waals surface area contributed by atoms with Crippen LogP contribution >= 0.6 is 0 Å². The minimum Gasteiger partial charge on any atom is -0.464 e. The minimum absolute atomic E-state index is 0.190. The molecule has 2 aliphatic rings. The molecule has 0 saturated heterocycles. The maximum Gasteiger partial charge on any atom is 0.213 e. The number of benzene rings is 3. The van der Waals surface area contributed by atoms with Crippen LogP contribution in [0.1, 0.15) is 40.9 Å². The minimum atomic E-state index is -0.228. The Labute approximate surface area is 172 Å². The third-order valence-corrected chi connectivity index (χ3v) is 5.78. The number of aryl methyl sites for hydroxylation is 1. The van der Waals surface area contributed by atoms with Crippen LogP contribution < -0.4 is 9.64 Å². The summed E-state index contributed by atoms with van der Waals surface area (Å²) in [6, 6.07) is 25.7. The van der Waals surface area contributed by atoms with Gasteiger partial charge in [-0.1, -0.05) is 60.2 Å². The van der Waals surface area contributed by atoms with Crippen LogP contribution in [0.2, 0.25) is 0 Å². The van der Waals surface area contributed by atoms with Crippen molar-refractivity contribution in [3.63, 3.8) is 0 Å². The molecule has 0 bridgehead atoms. The van der Waals surface area contributed by atoms with Crippen molar-refractivity contribution in [3.8, 4) is 5.75 Å². The van der Waals surface area contributed by atoms with Crippen molar-refractivity contribution in [1.29, 1.82) is 0 Å². The third-order valence-electron chi connectivity index (χ3n) is 5.78. The van der Waals surface area contributed by atoms with E-state index in [1.807, 2.05) is 6.07 Å². The van der Waals surface area contributed by atoms with Gasteiger partial charge in [0.05, 0.1) is 11.8 Å². The SMILES string of the molecule is Cc1ccc(C2=NN3[C@H](C2)c2ccccc2O[C@@H]3c2ccc(N(C)C)cc2)cc1. The molecule has 0 N–H and O–H groups in total. The van der Waals surface area contributed by atoms with E-state index >= 15 is 0 Å². The molecule has 0 saturated carbocycles. The lowest BCUT2D eigenvalue weighted by Crippen LogP contribution is -2.33. The fourth-order valence-corrected chi connectivity index (χ4v) is 4.11. The Bertz CT molecular complexity index is 1050. The second kappa shape index (κ2) is 6.96. The molecule has 2 heterocycles. The second-order valence-corrected chi connectivity index (χ2v) is 8.01. The average Bonchev–Trinajstić information content (AvgIpc) is 3.19. The molecule has 3 aromatic carbocycles. The topological polar surface area (TPSA) is 28.1 Å². The Kier molecular flexibility index (Phi) is 4.27. The van der Waals surface area contributed by atoms with Crippen molar-refractivity contribution in [1.82, 2.24) is 5.01 Å². The maximum absolute atomic E-state index is 6.44. The van der Waals surface area contributed by atoms with Crippen LogP contribution in [0.25, 0.3) is 0 Å². The number of ether oxygens (including phenoxy) is 1. The first-order chi connectivity index (χ1) is 14.1. The first-order valence-corrected chi connectivity index (χ1v) is 10.1. The van der Waals surface area contributed by atoms with E-state index in [9.17, 15) is 0 Å². The van der Waals surface area contributed by atoms with Gasteiger partial charge in [0.2, 0.25) is 6.23 Å². The molecule has 0 fully saturated rings. The summed E-state index contributed by atoms with van der Waals surface area (Å²) >= 11 is 0. The van der Waals surface area contributed by atoms with Gasteiger partial charge in [0.1, 0.15) is 5.75 Å². The lowest BCUT2D eigenvalue weighted by Gasteiger charge is -2.38. The van der Waals surface area contributed by atoms with Crippen LogP contribution in [0.5, 0.6) is 5.75 Å². The van der Waals surface area contributed by atoms with Gasteiger partial charge in [-0.05, 0) is 30.7 Å². The summed E-state index contributed by atoms with van der Waals surface area (Å²) in [6.07, 6.45) is 0.657. The normalized spacial score (nSPS) is 19.8. The second-order valence-electron chi connectivity index (χ2n) is 8.01. The molecule has 4 heteroatoms. The van der Waals surface area contributed by atoms with E-state index in [0.29, 0.717) is 0 Å². The smallest absolute Gasteiger partial charge is 0.213 e. The molecular formula is C25H25N3O. The number of fused-ring (bicyclic) bond motifs is 3. The molecule has 4 nitrogen and oxygen atoms in total. The summed E-state index contributed by atoms with van der Waals surface area (Å²) in [6.45, 7) is 2.11. The van der Waals surface area contributed by atoms with Crippen molar-refractivity contribution in [2.75, 3.05) is 19.0 Å². The summed E-state index contributed by atoms with van der Waals surface area (Å²) in [7, 11) is 4.11. The lowest BCUT2D eigenvalue weighted by molar-refractivity contribution is -0.0190. The summed E-state index contributed by atoms with van der Waals surface area (Å²) in [4.78, 5) is 2.10. The predicted molar refractivity (Wildman–Crippen MR) is 117 cm³/mol. The quantitative estimate of drug-likeness (QED) is 0.614. The van der Waals surface area contributed by atoms with Crippen LogP contribution in [0.15, 0.2) is 77.9 Å². The Morgan fingerprint density at radius 1 is 0.931 bits per heavy atom. The number of anilines is 1. The first kappa shape index (κ1) is 17.8. The Morgan fingerprint density at radius 3 is 2.38 bits per heavy atom. The third kappa shape index (κ3) is 3.15. The van der Waals surface area contributed by atoms with E-state index in [4.69, 9.17) is 9.84 Å². The van der Waals surface area contributed by atoms with Crippen molar-refractivity contribution in [3.05, 3.63) is 95.1 Å². The molecule has 0 spiro atoms.